The van der Waals surface area contributed by atoms with Gasteiger partial charge in [-0.1, -0.05) is 6.07 Å². The molecule has 1 aromatic rings. The number of hydrogen-bond donors (Lipinski definition) is 0. The molecule has 0 atom stereocenters. The third-order valence-corrected chi connectivity index (χ3v) is 1.78. The number of hydrogen-bond acceptors (Lipinski definition) is 3. The zero-order valence-corrected chi connectivity index (χ0v) is 8.19. The fourth-order valence-corrected chi connectivity index (χ4v) is 1.25. The van der Waals surface area contributed by atoms with Gasteiger partial charge in [-0.25, -0.2) is 0 Å². The number of carbonyl (C=O) groups is 1. The summed E-state index contributed by atoms with van der Waals surface area (Å²) in [6.45, 7) is 0. The SMILES string of the molecule is FB(F)F.O=C([O-])Cc1cccs1.[Li+]. The van der Waals surface area contributed by atoms with E-state index in [0.717, 1.165) is 4.88 Å². The molecular formula is C6H5BF3LiO2S. The molecule has 1 aromatic heterocycles. The number of rotatable bonds is 2. The van der Waals surface area contributed by atoms with Gasteiger partial charge in [0.15, 0.2) is 0 Å². The molecule has 0 aliphatic carbocycles. The third kappa shape index (κ3) is 11.6. The van der Waals surface area contributed by atoms with E-state index in [1.165, 1.54) is 11.3 Å². The zero-order chi connectivity index (χ0) is 10.3. The van der Waals surface area contributed by atoms with E-state index < -0.39 is 13.5 Å². The molecule has 0 radical (unpaired) electrons. The summed E-state index contributed by atoms with van der Waals surface area (Å²) in [6.07, 6.45) is 0.0394. The van der Waals surface area contributed by atoms with Crippen LogP contribution in [0.15, 0.2) is 17.5 Å². The molecule has 0 amide bonds. The minimum absolute atomic E-state index is 0. The normalized spacial score (nSPS) is 7.93. The molecule has 1 heterocycles. The fourth-order valence-electron chi connectivity index (χ4n) is 0.555. The number of carboxylic acid groups (broad SMARTS) is 1. The Balaban J connectivity index is 0. The van der Waals surface area contributed by atoms with Crippen LogP contribution in [0.1, 0.15) is 4.88 Å². The fraction of sp³-hybridized carbons (Fsp3) is 0.167. The third-order valence-electron chi connectivity index (χ3n) is 0.899. The van der Waals surface area contributed by atoms with Gasteiger partial charge in [0, 0.05) is 17.3 Å². The molecule has 0 spiro atoms. The summed E-state index contributed by atoms with van der Waals surface area (Å²) in [5.41, 5.74) is 0. The summed E-state index contributed by atoms with van der Waals surface area (Å²) in [5, 5.41) is 11.8. The van der Waals surface area contributed by atoms with E-state index in [4.69, 9.17) is 0 Å². The van der Waals surface area contributed by atoms with Crippen LogP contribution in [0, 0.1) is 0 Å². The Morgan fingerprint density at radius 2 is 2.00 bits per heavy atom. The van der Waals surface area contributed by atoms with Crippen molar-refractivity contribution in [3.63, 3.8) is 0 Å². The molecule has 0 aromatic carbocycles. The van der Waals surface area contributed by atoms with E-state index in [1.54, 1.807) is 6.07 Å². The van der Waals surface area contributed by atoms with Gasteiger partial charge in [0.2, 0.25) is 0 Å². The second-order valence-corrected chi connectivity index (χ2v) is 2.91. The first-order chi connectivity index (χ1) is 6.02. The van der Waals surface area contributed by atoms with Crippen molar-refractivity contribution < 1.29 is 41.7 Å². The molecule has 0 saturated heterocycles. The number of aliphatic carboxylic acids is 1. The topological polar surface area (TPSA) is 40.1 Å². The van der Waals surface area contributed by atoms with E-state index in [2.05, 4.69) is 0 Å². The second-order valence-electron chi connectivity index (χ2n) is 1.88. The van der Waals surface area contributed by atoms with Crippen LogP contribution in [0.25, 0.3) is 0 Å². The van der Waals surface area contributed by atoms with Crippen molar-refractivity contribution in [1.82, 2.24) is 0 Å². The van der Waals surface area contributed by atoms with Gasteiger partial charge in [-0.2, -0.15) is 0 Å². The van der Waals surface area contributed by atoms with Crippen LogP contribution in [0.4, 0.5) is 12.9 Å². The van der Waals surface area contributed by atoms with Gasteiger partial charge < -0.3 is 9.90 Å². The second kappa shape index (κ2) is 9.19. The van der Waals surface area contributed by atoms with Crippen molar-refractivity contribution >= 4 is 24.9 Å². The quantitative estimate of drug-likeness (QED) is 0.532. The van der Waals surface area contributed by atoms with Crippen LogP contribution < -0.4 is 24.0 Å². The van der Waals surface area contributed by atoms with Crippen molar-refractivity contribution in [2.45, 2.75) is 6.42 Å². The van der Waals surface area contributed by atoms with Crippen molar-refractivity contribution in [3.8, 4) is 0 Å². The number of halogens is 3. The smallest absolute Gasteiger partial charge is 0.550 e. The van der Waals surface area contributed by atoms with Gasteiger partial charge in [0.05, 0.1) is 0 Å². The minimum atomic E-state index is -3.67. The summed E-state index contributed by atoms with van der Waals surface area (Å²) >= 11 is 1.43. The van der Waals surface area contributed by atoms with Gasteiger partial charge in [0.1, 0.15) is 0 Å². The van der Waals surface area contributed by atoms with Gasteiger partial charge in [-0.15, -0.1) is 11.3 Å². The van der Waals surface area contributed by atoms with Gasteiger partial charge in [-0.05, 0) is 11.4 Å². The Morgan fingerprint density at radius 1 is 1.50 bits per heavy atom. The Morgan fingerprint density at radius 3 is 2.29 bits per heavy atom. The molecule has 0 fully saturated rings. The maximum atomic E-state index is 9.96. The predicted octanol–water partition coefficient (Wildman–Crippen LogP) is -2.08. The molecule has 0 saturated carbocycles. The standard InChI is InChI=1S/C6H6O2S.BF3.Li/c7-6(8)4-5-2-1-3-9-5;2-1(3)4;/h1-3H,4H2,(H,7,8);;/q;;+1/p-1. The Bertz CT molecular complexity index is 242. The summed E-state index contributed by atoms with van der Waals surface area (Å²) in [4.78, 5) is 10.8. The minimum Gasteiger partial charge on any atom is -0.550 e. The van der Waals surface area contributed by atoms with Crippen molar-refractivity contribution in [2.24, 2.45) is 0 Å². The van der Waals surface area contributed by atoms with E-state index in [1.807, 2.05) is 11.4 Å². The van der Waals surface area contributed by atoms with Gasteiger partial charge >= 0.3 is 26.4 Å². The van der Waals surface area contributed by atoms with Crippen LogP contribution in [0.2, 0.25) is 0 Å². The molecule has 0 N–H and O–H groups in total. The van der Waals surface area contributed by atoms with Crippen LogP contribution in [0.5, 0.6) is 0 Å². The molecule has 0 unspecified atom stereocenters. The van der Waals surface area contributed by atoms with Crippen molar-refractivity contribution in [2.75, 3.05) is 0 Å². The Labute approximate surface area is 95.5 Å². The molecular weight excluding hydrogens is 211 g/mol. The van der Waals surface area contributed by atoms with E-state index >= 15 is 0 Å². The van der Waals surface area contributed by atoms with E-state index in [-0.39, 0.29) is 25.3 Å². The first-order valence-electron chi connectivity index (χ1n) is 3.17. The first-order valence-corrected chi connectivity index (χ1v) is 4.04. The average Bonchev–Trinajstić information content (AvgIpc) is 2.36. The molecule has 14 heavy (non-hydrogen) atoms. The maximum absolute atomic E-state index is 9.96. The molecule has 2 nitrogen and oxygen atoms in total. The van der Waals surface area contributed by atoms with Crippen LogP contribution in [-0.4, -0.2) is 13.5 Å². The molecule has 0 bridgehead atoms. The summed E-state index contributed by atoms with van der Waals surface area (Å²) < 4.78 is 29.0. The Hall–Kier alpha value is -0.378. The molecule has 8 heteroatoms. The predicted molar refractivity (Wildman–Crippen MR) is 42.1 cm³/mol. The number of carboxylic acids is 1. The summed E-state index contributed by atoms with van der Waals surface area (Å²) in [7, 11) is -3.67. The Kier molecular flexibility index (Phi) is 10.5. The number of carbonyl (C=O) groups excluding carboxylic acids is 1. The average molecular weight is 216 g/mol. The van der Waals surface area contributed by atoms with E-state index in [9.17, 15) is 22.8 Å². The first kappa shape index (κ1) is 16.1. The zero-order valence-electron chi connectivity index (χ0n) is 7.38. The largest absolute Gasteiger partial charge is 1.00 e. The van der Waals surface area contributed by atoms with Crippen molar-refractivity contribution in [1.29, 1.82) is 0 Å². The summed E-state index contributed by atoms with van der Waals surface area (Å²) in [5.74, 6) is -1.02. The monoisotopic (exact) mass is 216 g/mol. The number of thiophene rings is 1. The summed E-state index contributed by atoms with van der Waals surface area (Å²) in [6, 6.07) is 3.60. The molecule has 0 aliphatic heterocycles. The van der Waals surface area contributed by atoms with Crippen molar-refractivity contribution in [3.05, 3.63) is 22.4 Å². The van der Waals surface area contributed by atoms with E-state index in [0.29, 0.717) is 0 Å². The molecule has 72 valence electrons. The van der Waals surface area contributed by atoms with Gasteiger partial charge in [0.25, 0.3) is 0 Å². The van der Waals surface area contributed by atoms with Crippen LogP contribution in [-0.2, 0) is 11.2 Å². The maximum Gasteiger partial charge on any atom is 1.00 e. The van der Waals surface area contributed by atoms with Crippen LogP contribution in [0.3, 0.4) is 0 Å². The molecule has 1 rings (SSSR count). The van der Waals surface area contributed by atoms with Crippen LogP contribution >= 0.6 is 11.3 Å². The van der Waals surface area contributed by atoms with Gasteiger partial charge in [-0.3, -0.25) is 12.9 Å². The molecule has 0 aliphatic rings.